The van der Waals surface area contributed by atoms with Crippen LogP contribution < -0.4 is 0 Å². The van der Waals surface area contributed by atoms with E-state index < -0.39 is 0 Å². The van der Waals surface area contributed by atoms with Crippen molar-refractivity contribution in [2.75, 3.05) is 0 Å². The molecule has 1 rings (SSSR count). The summed E-state index contributed by atoms with van der Waals surface area (Å²) in [7, 11) is 0. The highest BCUT2D eigenvalue weighted by atomic mass is 32.1. The van der Waals surface area contributed by atoms with Gasteiger partial charge >= 0.3 is 0 Å². The summed E-state index contributed by atoms with van der Waals surface area (Å²) >= 11 is 4.21. The molecule has 1 heterocycles. The highest BCUT2D eigenvalue weighted by Crippen LogP contribution is 2.16. The van der Waals surface area contributed by atoms with Crippen molar-refractivity contribution in [3.8, 4) is 0 Å². The smallest absolute Gasteiger partial charge is 0.0892 e. The van der Waals surface area contributed by atoms with Crippen molar-refractivity contribution in [2.45, 2.75) is 13.3 Å². The van der Waals surface area contributed by atoms with Gasteiger partial charge in [0.1, 0.15) is 0 Å². The molecule has 2 heteroatoms. The Kier molecular flexibility index (Phi) is 4.91. The second kappa shape index (κ2) is 6.25. The first-order valence-electron chi connectivity index (χ1n) is 4.87. The first kappa shape index (κ1) is 11.8. The Labute approximate surface area is 96.7 Å². The van der Waals surface area contributed by atoms with Gasteiger partial charge in [0.25, 0.3) is 0 Å². The number of aliphatic imine (C=N–C) groups is 1. The van der Waals surface area contributed by atoms with E-state index in [4.69, 9.17) is 0 Å². The van der Waals surface area contributed by atoms with Gasteiger partial charge in [-0.05, 0) is 30.6 Å². The molecule has 1 aliphatic heterocycles. The summed E-state index contributed by atoms with van der Waals surface area (Å²) < 4.78 is 0. The molecule has 0 radical (unpaired) electrons. The van der Waals surface area contributed by atoms with Crippen LogP contribution in [-0.2, 0) is 0 Å². The highest BCUT2D eigenvalue weighted by Gasteiger charge is 2.00. The monoisotopic (exact) mass is 217 g/mol. The minimum Gasteiger partial charge on any atom is -0.250 e. The quantitative estimate of drug-likeness (QED) is 0.544. The normalized spacial score (nSPS) is 17.3. The first-order chi connectivity index (χ1) is 7.27. The average Bonchev–Trinajstić information content (AvgIpc) is 2.45. The van der Waals surface area contributed by atoms with E-state index in [9.17, 15) is 0 Å². The van der Waals surface area contributed by atoms with Crippen LogP contribution in [-0.4, -0.2) is 6.21 Å². The van der Waals surface area contributed by atoms with Crippen LogP contribution in [0.2, 0.25) is 0 Å². The molecule has 0 bridgehead atoms. The van der Waals surface area contributed by atoms with Gasteiger partial charge in [-0.1, -0.05) is 37.0 Å². The van der Waals surface area contributed by atoms with Crippen LogP contribution in [0.3, 0.4) is 0 Å². The molecule has 0 atom stereocenters. The van der Waals surface area contributed by atoms with Crippen molar-refractivity contribution in [3.05, 3.63) is 59.2 Å². The number of allylic oxidation sites excluding steroid dienone is 8. The van der Waals surface area contributed by atoms with Crippen molar-refractivity contribution in [1.82, 2.24) is 0 Å². The molecule has 1 nitrogen and oxygen atoms in total. The summed E-state index contributed by atoms with van der Waals surface area (Å²) in [5, 5.41) is 0.760. The molecule has 0 aromatic rings. The van der Waals surface area contributed by atoms with Gasteiger partial charge in [0.15, 0.2) is 0 Å². The molecule has 0 N–H and O–H groups in total. The topological polar surface area (TPSA) is 12.4 Å². The maximum atomic E-state index is 4.21. The predicted octanol–water partition coefficient (Wildman–Crippen LogP) is 3.85. The van der Waals surface area contributed by atoms with E-state index in [-0.39, 0.29) is 0 Å². The number of hydrogen-bond acceptors (Lipinski definition) is 2. The van der Waals surface area contributed by atoms with Crippen molar-refractivity contribution >= 4 is 18.8 Å². The molecule has 0 aliphatic carbocycles. The van der Waals surface area contributed by atoms with Gasteiger partial charge in [-0.3, -0.25) is 0 Å². The molecular formula is C13H15NS. The second-order valence-corrected chi connectivity index (χ2v) is 3.53. The van der Waals surface area contributed by atoms with Crippen molar-refractivity contribution in [2.24, 2.45) is 4.99 Å². The van der Waals surface area contributed by atoms with Gasteiger partial charge in [-0.25, -0.2) is 4.99 Å². The maximum absolute atomic E-state index is 4.21. The van der Waals surface area contributed by atoms with Gasteiger partial charge in [-0.2, -0.15) is 0 Å². The molecule has 0 fully saturated rings. The molecule has 0 aromatic carbocycles. The molecule has 0 amide bonds. The Morgan fingerprint density at radius 2 is 2.33 bits per heavy atom. The molecule has 78 valence electrons. The van der Waals surface area contributed by atoms with Crippen LogP contribution in [0.25, 0.3) is 0 Å². The lowest BCUT2D eigenvalue weighted by Crippen LogP contribution is -1.87. The Morgan fingerprint density at radius 3 is 3.00 bits per heavy atom. The summed E-state index contributed by atoms with van der Waals surface area (Å²) in [6.45, 7) is 5.78. The largest absolute Gasteiger partial charge is 0.250 e. The molecule has 0 saturated heterocycles. The average molecular weight is 217 g/mol. The zero-order valence-electron chi connectivity index (χ0n) is 8.85. The Bertz CT molecular complexity index is 381. The third kappa shape index (κ3) is 3.76. The molecule has 1 aliphatic rings. The van der Waals surface area contributed by atoms with Gasteiger partial charge in [0, 0.05) is 6.21 Å². The molecular weight excluding hydrogens is 202 g/mol. The lowest BCUT2D eigenvalue weighted by Gasteiger charge is -2.00. The summed E-state index contributed by atoms with van der Waals surface area (Å²) in [5.74, 6) is 0. The minimum atomic E-state index is 0.760. The zero-order chi connectivity index (χ0) is 11.1. The van der Waals surface area contributed by atoms with E-state index in [0.29, 0.717) is 0 Å². The van der Waals surface area contributed by atoms with E-state index >= 15 is 0 Å². The van der Waals surface area contributed by atoms with Crippen LogP contribution in [0.15, 0.2) is 64.2 Å². The first-order valence-corrected chi connectivity index (χ1v) is 5.31. The second-order valence-electron chi connectivity index (χ2n) is 3.07. The van der Waals surface area contributed by atoms with Crippen molar-refractivity contribution in [3.63, 3.8) is 0 Å². The van der Waals surface area contributed by atoms with Crippen LogP contribution in [0.5, 0.6) is 0 Å². The van der Waals surface area contributed by atoms with Crippen molar-refractivity contribution < 1.29 is 0 Å². The molecule has 0 unspecified atom stereocenters. The fraction of sp³-hybridized carbons (Fsp3) is 0.154. The predicted molar refractivity (Wildman–Crippen MR) is 71.4 cm³/mol. The number of thiol groups is 1. The summed E-state index contributed by atoms with van der Waals surface area (Å²) in [6.07, 6.45) is 14.6. The van der Waals surface area contributed by atoms with E-state index in [1.54, 1.807) is 0 Å². The van der Waals surface area contributed by atoms with Crippen LogP contribution in [0, 0.1) is 0 Å². The lowest BCUT2D eigenvalue weighted by atomic mass is 10.1. The Morgan fingerprint density at radius 1 is 1.53 bits per heavy atom. The summed E-state index contributed by atoms with van der Waals surface area (Å²) in [5.41, 5.74) is 2.16. The fourth-order valence-electron chi connectivity index (χ4n) is 1.21. The van der Waals surface area contributed by atoms with Gasteiger partial charge in [0.05, 0.1) is 5.03 Å². The standard InChI is InChI=1S/C13H15NS/c1-3-5-7-11(4-2)12-8-6-9-13(15)14-10-12/h3-5,7-10,15H,2,6H2,1H3/b5-3-,11-7+. The van der Waals surface area contributed by atoms with Crippen molar-refractivity contribution in [1.29, 1.82) is 0 Å². The summed E-state index contributed by atoms with van der Waals surface area (Å²) in [6, 6.07) is 0. The number of nitrogens with zero attached hydrogens (tertiary/aromatic N) is 1. The highest BCUT2D eigenvalue weighted by molar-refractivity contribution is 7.84. The van der Waals surface area contributed by atoms with Gasteiger partial charge in [-0.15, -0.1) is 12.6 Å². The van der Waals surface area contributed by atoms with Gasteiger partial charge < -0.3 is 0 Å². The molecule has 0 aromatic heterocycles. The Balaban J connectivity index is 2.92. The third-order valence-electron chi connectivity index (χ3n) is 2.00. The Hall–Kier alpha value is -1.28. The van der Waals surface area contributed by atoms with E-state index in [1.807, 2.05) is 43.5 Å². The molecule has 0 saturated carbocycles. The summed E-state index contributed by atoms with van der Waals surface area (Å²) in [4.78, 5) is 4.20. The molecule has 0 spiro atoms. The fourth-order valence-corrected chi connectivity index (χ4v) is 1.37. The molecule has 15 heavy (non-hydrogen) atoms. The zero-order valence-corrected chi connectivity index (χ0v) is 9.74. The van der Waals surface area contributed by atoms with E-state index in [2.05, 4.69) is 30.3 Å². The third-order valence-corrected chi connectivity index (χ3v) is 2.29. The maximum Gasteiger partial charge on any atom is 0.0892 e. The van der Waals surface area contributed by atoms with Gasteiger partial charge in [0.2, 0.25) is 0 Å². The SMILES string of the molecule is C=C/C(=C\C=C/C)C1=CCC=C(S)N=C1. The lowest BCUT2D eigenvalue weighted by molar-refractivity contribution is 1.36. The van der Waals surface area contributed by atoms with Crippen LogP contribution >= 0.6 is 12.6 Å². The number of hydrogen-bond donors (Lipinski definition) is 1. The van der Waals surface area contributed by atoms with Crippen LogP contribution in [0.4, 0.5) is 0 Å². The van der Waals surface area contributed by atoms with E-state index in [1.165, 1.54) is 0 Å². The van der Waals surface area contributed by atoms with E-state index in [0.717, 1.165) is 22.6 Å². The van der Waals surface area contributed by atoms with Crippen LogP contribution in [0.1, 0.15) is 13.3 Å². The minimum absolute atomic E-state index is 0.760. The number of rotatable bonds is 3.